The van der Waals surface area contributed by atoms with Crippen molar-refractivity contribution in [1.29, 1.82) is 0 Å². The average molecular weight is 368 g/mol. The number of nitrogens with zero attached hydrogens (tertiary/aromatic N) is 1. The summed E-state index contributed by atoms with van der Waals surface area (Å²) in [6.07, 6.45) is 6.06. The highest BCUT2D eigenvalue weighted by Crippen LogP contribution is 2.70. The topological polar surface area (TPSA) is 75.7 Å². The molecule has 4 fully saturated rings. The van der Waals surface area contributed by atoms with E-state index in [1.165, 1.54) is 7.11 Å². The van der Waals surface area contributed by atoms with Crippen molar-refractivity contribution in [2.24, 2.45) is 11.3 Å². The Bertz CT molecular complexity index is 841. The molecule has 2 heterocycles. The number of para-hydroxylation sites is 1. The minimum atomic E-state index is -0.930. The predicted octanol–water partition coefficient (Wildman–Crippen LogP) is 1.88. The first kappa shape index (κ1) is 16.8. The van der Waals surface area contributed by atoms with Crippen molar-refractivity contribution in [2.75, 3.05) is 19.0 Å². The lowest BCUT2D eigenvalue weighted by Crippen LogP contribution is -2.80. The van der Waals surface area contributed by atoms with Gasteiger partial charge in [0, 0.05) is 12.2 Å². The number of aldehydes is 1. The summed E-state index contributed by atoms with van der Waals surface area (Å²) in [6.45, 7) is 0.659. The van der Waals surface area contributed by atoms with Crippen LogP contribution in [-0.2, 0) is 24.5 Å². The van der Waals surface area contributed by atoms with E-state index < -0.39 is 16.9 Å². The summed E-state index contributed by atoms with van der Waals surface area (Å²) in [4.78, 5) is 39.7. The first-order valence-corrected chi connectivity index (χ1v) is 9.71. The Hall–Kier alpha value is -2.37. The molecule has 2 bridgehead atoms. The Morgan fingerprint density at radius 3 is 2.81 bits per heavy atom. The highest BCUT2D eigenvalue weighted by atomic mass is 16.5. The quantitative estimate of drug-likeness (QED) is 0.651. The Morgan fingerprint density at radius 1 is 1.26 bits per heavy atom. The van der Waals surface area contributed by atoms with Crippen LogP contribution in [0.5, 0.6) is 0 Å². The fraction of sp³-hybridized carbons (Fsp3) is 0.571. The molecule has 3 aliphatic carbocycles. The Kier molecular flexibility index (Phi) is 3.31. The molecule has 2 aliphatic heterocycles. The number of benzene rings is 1. The van der Waals surface area contributed by atoms with Crippen LogP contribution in [0.2, 0.25) is 0 Å². The normalized spacial score (nSPS) is 41.0. The van der Waals surface area contributed by atoms with Gasteiger partial charge in [0.2, 0.25) is 6.41 Å². The van der Waals surface area contributed by atoms with Crippen LogP contribution in [0.1, 0.15) is 37.7 Å². The molecule has 3 saturated carbocycles. The molecular formula is C21H24N2O4. The van der Waals surface area contributed by atoms with Gasteiger partial charge >= 0.3 is 5.97 Å². The summed E-state index contributed by atoms with van der Waals surface area (Å²) in [5.41, 5.74) is -0.0829. The molecule has 1 N–H and O–H groups in total. The molecular weight excluding hydrogens is 344 g/mol. The van der Waals surface area contributed by atoms with Crippen LogP contribution in [0.4, 0.5) is 5.69 Å². The maximum Gasteiger partial charge on any atom is 0.311 e. The van der Waals surface area contributed by atoms with Crippen LogP contribution in [-0.4, -0.2) is 48.8 Å². The van der Waals surface area contributed by atoms with Crippen LogP contribution < -0.4 is 5.32 Å². The van der Waals surface area contributed by atoms with E-state index in [-0.39, 0.29) is 17.4 Å². The third kappa shape index (κ3) is 1.70. The molecule has 6 heteroatoms. The summed E-state index contributed by atoms with van der Waals surface area (Å²) in [7, 11) is 1.42. The smallest absolute Gasteiger partial charge is 0.311 e. The van der Waals surface area contributed by atoms with Gasteiger partial charge in [-0.3, -0.25) is 9.59 Å². The SMILES string of the molecule is COC(=O)[C@@H]1C[C@]23CCCN(C=O)[C@@H]2[C@@]2(C=O)c4ccccc4N[C@]12CC3. The Labute approximate surface area is 158 Å². The molecule has 1 aromatic carbocycles. The molecule has 5 aliphatic rings. The number of hydrogen-bond donors (Lipinski definition) is 1. The van der Waals surface area contributed by atoms with Gasteiger partial charge in [0.1, 0.15) is 6.29 Å². The van der Waals surface area contributed by atoms with Crippen molar-refractivity contribution >= 4 is 24.4 Å². The van der Waals surface area contributed by atoms with E-state index in [4.69, 9.17) is 4.74 Å². The van der Waals surface area contributed by atoms with Crippen molar-refractivity contribution < 1.29 is 19.1 Å². The maximum atomic E-state index is 12.9. The van der Waals surface area contributed by atoms with Crippen molar-refractivity contribution in [2.45, 2.75) is 49.1 Å². The maximum absolute atomic E-state index is 12.9. The van der Waals surface area contributed by atoms with Gasteiger partial charge in [-0.15, -0.1) is 0 Å². The predicted molar refractivity (Wildman–Crippen MR) is 98.1 cm³/mol. The number of likely N-dealkylation sites (tertiary alicyclic amines) is 1. The first-order valence-electron chi connectivity index (χ1n) is 9.71. The number of ether oxygens (including phenoxy) is 1. The highest BCUT2D eigenvalue weighted by Gasteiger charge is 2.78. The minimum absolute atomic E-state index is 0.222. The van der Waals surface area contributed by atoms with Crippen LogP contribution >= 0.6 is 0 Å². The highest BCUT2D eigenvalue weighted by molar-refractivity contribution is 5.90. The van der Waals surface area contributed by atoms with Crippen LogP contribution in [0.3, 0.4) is 0 Å². The lowest BCUT2D eigenvalue weighted by Gasteiger charge is -2.69. The van der Waals surface area contributed by atoms with E-state index in [1.54, 1.807) is 0 Å². The summed E-state index contributed by atoms with van der Waals surface area (Å²) < 4.78 is 5.19. The zero-order valence-corrected chi connectivity index (χ0v) is 15.4. The Balaban J connectivity index is 1.82. The van der Waals surface area contributed by atoms with Crippen LogP contribution in [0, 0.1) is 11.3 Å². The van der Waals surface area contributed by atoms with Crippen molar-refractivity contribution in [3.63, 3.8) is 0 Å². The molecule has 0 radical (unpaired) electrons. The van der Waals surface area contributed by atoms with E-state index in [1.807, 2.05) is 29.2 Å². The number of fused-ring (bicyclic) bond motifs is 3. The largest absolute Gasteiger partial charge is 0.469 e. The monoisotopic (exact) mass is 368 g/mol. The van der Waals surface area contributed by atoms with Crippen molar-refractivity contribution in [3.8, 4) is 0 Å². The number of rotatable bonds is 3. The second-order valence-corrected chi connectivity index (χ2v) is 8.62. The van der Waals surface area contributed by atoms with E-state index in [0.717, 1.165) is 49.6 Å². The molecule has 27 heavy (non-hydrogen) atoms. The average Bonchev–Trinajstić information content (AvgIpc) is 3.02. The van der Waals surface area contributed by atoms with Gasteiger partial charge in [0.15, 0.2) is 0 Å². The summed E-state index contributed by atoms with van der Waals surface area (Å²) >= 11 is 0. The molecule has 2 spiro atoms. The van der Waals surface area contributed by atoms with Gasteiger partial charge in [-0.25, -0.2) is 0 Å². The van der Waals surface area contributed by atoms with Crippen molar-refractivity contribution in [3.05, 3.63) is 29.8 Å². The summed E-state index contributed by atoms with van der Waals surface area (Å²) in [6, 6.07) is 7.59. The van der Waals surface area contributed by atoms with E-state index in [0.29, 0.717) is 13.0 Å². The lowest BCUT2D eigenvalue weighted by atomic mass is 9.38. The molecule has 1 aromatic rings. The van der Waals surface area contributed by atoms with Crippen molar-refractivity contribution in [1.82, 2.24) is 4.90 Å². The standard InChI is InChI=1S/C21H24N2O4/c1-27-17(26)15-11-19-7-4-10-23(13-25)18(19)20(12-24)14-5-2-3-6-16(14)22-21(15,20)9-8-19/h2-3,5-6,12-13,15,18,22H,4,7-11H2,1H3/t15-,18-,19+,20+,21+/m0/s1. The van der Waals surface area contributed by atoms with E-state index in [9.17, 15) is 14.4 Å². The van der Waals surface area contributed by atoms with Gasteiger partial charge < -0.3 is 19.7 Å². The second-order valence-electron chi connectivity index (χ2n) is 8.62. The second kappa shape index (κ2) is 5.33. The van der Waals surface area contributed by atoms with Gasteiger partial charge in [-0.05, 0) is 49.1 Å². The number of esters is 1. The zero-order chi connectivity index (χ0) is 18.9. The zero-order valence-electron chi connectivity index (χ0n) is 15.4. The Morgan fingerprint density at radius 2 is 2.07 bits per heavy atom. The molecule has 0 unspecified atom stereocenters. The third-order valence-corrected chi connectivity index (χ3v) is 7.93. The molecule has 6 nitrogen and oxygen atoms in total. The van der Waals surface area contributed by atoms with Gasteiger partial charge in [0.05, 0.1) is 30.0 Å². The third-order valence-electron chi connectivity index (χ3n) is 7.93. The van der Waals surface area contributed by atoms with Crippen LogP contribution in [0.25, 0.3) is 0 Å². The molecule has 0 aromatic heterocycles. The first-order chi connectivity index (χ1) is 13.1. The number of amides is 1. The summed E-state index contributed by atoms with van der Waals surface area (Å²) in [5, 5.41) is 3.59. The summed E-state index contributed by atoms with van der Waals surface area (Å²) in [5.74, 6) is -0.668. The fourth-order valence-electron chi connectivity index (χ4n) is 7.10. The fourth-order valence-corrected chi connectivity index (χ4v) is 7.10. The number of methoxy groups -OCH3 is 1. The van der Waals surface area contributed by atoms with Gasteiger partial charge in [0.25, 0.3) is 0 Å². The minimum Gasteiger partial charge on any atom is -0.469 e. The molecule has 6 rings (SSSR count). The number of hydrogen-bond acceptors (Lipinski definition) is 5. The molecule has 142 valence electrons. The lowest BCUT2D eigenvalue weighted by molar-refractivity contribution is -0.182. The van der Waals surface area contributed by atoms with E-state index >= 15 is 0 Å². The van der Waals surface area contributed by atoms with Crippen LogP contribution in [0.15, 0.2) is 24.3 Å². The van der Waals surface area contributed by atoms with Gasteiger partial charge in [-0.2, -0.15) is 0 Å². The molecule has 1 saturated heterocycles. The van der Waals surface area contributed by atoms with Gasteiger partial charge in [-0.1, -0.05) is 18.2 Å². The molecule has 1 amide bonds. The number of nitrogens with one attached hydrogen (secondary N) is 1. The number of carbonyl (C=O) groups is 3. The van der Waals surface area contributed by atoms with E-state index in [2.05, 4.69) is 5.32 Å². The number of anilines is 1. The number of piperidine rings is 1. The molecule has 5 atom stereocenters. The number of carbonyl (C=O) groups excluding carboxylic acids is 3.